The van der Waals surface area contributed by atoms with E-state index in [-0.39, 0.29) is 17.9 Å². The van der Waals surface area contributed by atoms with Gasteiger partial charge in [-0.05, 0) is 24.1 Å². The van der Waals surface area contributed by atoms with Crippen molar-refractivity contribution >= 4 is 23.4 Å². The first-order chi connectivity index (χ1) is 12.6. The van der Waals surface area contributed by atoms with Crippen LogP contribution in [0, 0.1) is 0 Å². The first-order valence-corrected chi connectivity index (χ1v) is 9.35. The van der Waals surface area contributed by atoms with Gasteiger partial charge in [0, 0.05) is 32.1 Å². The van der Waals surface area contributed by atoms with E-state index in [1.165, 1.54) is 0 Å². The Morgan fingerprint density at radius 3 is 2.50 bits per heavy atom. The van der Waals surface area contributed by atoms with Crippen LogP contribution in [0.25, 0.3) is 0 Å². The topological polar surface area (TPSA) is 40.6 Å². The molecule has 1 aliphatic heterocycles. The van der Waals surface area contributed by atoms with Gasteiger partial charge in [-0.25, -0.2) is 0 Å². The number of nitrogens with zero attached hydrogens (tertiary/aromatic N) is 2. The predicted molar refractivity (Wildman–Crippen MR) is 103 cm³/mol. The minimum atomic E-state index is -0.108. The van der Waals surface area contributed by atoms with Gasteiger partial charge in [0.05, 0.1) is 10.6 Å². The van der Waals surface area contributed by atoms with Gasteiger partial charge in [-0.3, -0.25) is 9.59 Å². The lowest BCUT2D eigenvalue weighted by Crippen LogP contribution is -2.43. The number of amides is 2. The summed E-state index contributed by atoms with van der Waals surface area (Å²) >= 11 is 6.19. The molecule has 3 rings (SSSR count). The second kappa shape index (κ2) is 8.37. The summed E-state index contributed by atoms with van der Waals surface area (Å²) in [5.41, 5.74) is 1.60. The number of halogens is 1. The van der Waals surface area contributed by atoms with E-state index in [2.05, 4.69) is 6.92 Å². The standard InChI is InChI=1S/C21H23ClN2O2/c1-2-17-15-23(21(26)18-10-6-7-11-19(18)22)13-12-20(25)24(17)14-16-8-4-3-5-9-16/h3-11,17H,2,12-15H2,1H3/t17-/m0/s1. The number of hydrogen-bond donors (Lipinski definition) is 0. The predicted octanol–water partition coefficient (Wildman–Crippen LogP) is 3.99. The van der Waals surface area contributed by atoms with Crippen molar-refractivity contribution in [1.29, 1.82) is 0 Å². The summed E-state index contributed by atoms with van der Waals surface area (Å²) in [4.78, 5) is 29.3. The fraction of sp³-hybridized carbons (Fsp3) is 0.333. The average Bonchev–Trinajstić information content (AvgIpc) is 2.82. The maximum atomic E-state index is 12.9. The molecule has 1 aliphatic rings. The van der Waals surface area contributed by atoms with Crippen LogP contribution in [-0.4, -0.2) is 40.7 Å². The van der Waals surface area contributed by atoms with Crippen molar-refractivity contribution < 1.29 is 9.59 Å². The molecule has 2 aromatic carbocycles. The maximum Gasteiger partial charge on any atom is 0.255 e. The summed E-state index contributed by atoms with van der Waals surface area (Å²) in [6, 6.07) is 17.0. The first-order valence-electron chi connectivity index (χ1n) is 8.97. The SMILES string of the molecule is CC[C@H]1CN(C(=O)c2ccccc2Cl)CCC(=O)N1Cc1ccccc1. The summed E-state index contributed by atoms with van der Waals surface area (Å²) in [6.45, 7) is 3.58. The third-order valence-corrected chi connectivity index (χ3v) is 5.18. The van der Waals surface area contributed by atoms with Crippen LogP contribution in [-0.2, 0) is 11.3 Å². The Morgan fingerprint density at radius 1 is 1.12 bits per heavy atom. The average molecular weight is 371 g/mol. The van der Waals surface area contributed by atoms with E-state index < -0.39 is 0 Å². The third kappa shape index (κ3) is 4.07. The molecule has 5 heteroatoms. The number of benzene rings is 2. The quantitative estimate of drug-likeness (QED) is 0.816. The van der Waals surface area contributed by atoms with Crippen molar-refractivity contribution in [2.24, 2.45) is 0 Å². The van der Waals surface area contributed by atoms with Gasteiger partial charge in [-0.1, -0.05) is 61.0 Å². The molecule has 0 aliphatic carbocycles. The van der Waals surface area contributed by atoms with E-state index in [0.717, 1.165) is 12.0 Å². The fourth-order valence-corrected chi connectivity index (χ4v) is 3.57. The number of hydrogen-bond acceptors (Lipinski definition) is 2. The van der Waals surface area contributed by atoms with Gasteiger partial charge in [0.1, 0.15) is 0 Å². The largest absolute Gasteiger partial charge is 0.336 e. The number of carbonyl (C=O) groups is 2. The molecule has 26 heavy (non-hydrogen) atoms. The molecule has 2 amide bonds. The normalized spacial score (nSPS) is 17.9. The van der Waals surface area contributed by atoms with Gasteiger partial charge in [0.25, 0.3) is 5.91 Å². The second-order valence-corrected chi connectivity index (χ2v) is 6.96. The fourth-order valence-electron chi connectivity index (χ4n) is 3.36. The molecule has 1 saturated heterocycles. The molecule has 1 atom stereocenters. The zero-order valence-corrected chi connectivity index (χ0v) is 15.7. The smallest absolute Gasteiger partial charge is 0.255 e. The Labute approximate surface area is 159 Å². The minimum Gasteiger partial charge on any atom is -0.336 e. The van der Waals surface area contributed by atoms with E-state index >= 15 is 0 Å². The van der Waals surface area contributed by atoms with Gasteiger partial charge in [0.2, 0.25) is 5.91 Å². The highest BCUT2D eigenvalue weighted by Crippen LogP contribution is 2.22. The maximum absolute atomic E-state index is 12.9. The molecule has 1 fully saturated rings. The van der Waals surface area contributed by atoms with Crippen molar-refractivity contribution in [3.05, 3.63) is 70.7 Å². The molecule has 0 unspecified atom stereocenters. The molecule has 0 bridgehead atoms. The molecule has 4 nitrogen and oxygen atoms in total. The lowest BCUT2D eigenvalue weighted by molar-refractivity contribution is -0.133. The number of carbonyl (C=O) groups excluding carboxylic acids is 2. The summed E-state index contributed by atoms with van der Waals surface area (Å²) in [5, 5.41) is 0.447. The Kier molecular flexibility index (Phi) is 5.94. The third-order valence-electron chi connectivity index (χ3n) is 4.85. The molecule has 2 aromatic rings. The highest BCUT2D eigenvalue weighted by molar-refractivity contribution is 6.33. The van der Waals surface area contributed by atoms with Crippen molar-refractivity contribution in [2.45, 2.75) is 32.4 Å². The van der Waals surface area contributed by atoms with Crippen LogP contribution >= 0.6 is 11.6 Å². The van der Waals surface area contributed by atoms with Crippen molar-refractivity contribution in [2.75, 3.05) is 13.1 Å². The lowest BCUT2D eigenvalue weighted by Gasteiger charge is -2.31. The zero-order chi connectivity index (χ0) is 18.5. The summed E-state index contributed by atoms with van der Waals surface area (Å²) in [6.07, 6.45) is 1.13. The van der Waals surface area contributed by atoms with Crippen LogP contribution in [0.1, 0.15) is 35.7 Å². The Morgan fingerprint density at radius 2 is 1.81 bits per heavy atom. The Bertz CT molecular complexity index is 779. The van der Waals surface area contributed by atoms with Crippen LogP contribution in [0.2, 0.25) is 5.02 Å². The van der Waals surface area contributed by atoms with Crippen molar-refractivity contribution in [3.63, 3.8) is 0 Å². The zero-order valence-electron chi connectivity index (χ0n) is 14.9. The molecule has 0 spiro atoms. The lowest BCUT2D eigenvalue weighted by atomic mass is 10.1. The van der Waals surface area contributed by atoms with E-state index in [1.807, 2.05) is 41.3 Å². The van der Waals surface area contributed by atoms with E-state index in [4.69, 9.17) is 11.6 Å². The van der Waals surface area contributed by atoms with Crippen LogP contribution in [0.5, 0.6) is 0 Å². The summed E-state index contributed by atoms with van der Waals surface area (Å²) in [7, 11) is 0. The van der Waals surface area contributed by atoms with Crippen LogP contribution in [0.3, 0.4) is 0 Å². The molecular formula is C21H23ClN2O2. The highest BCUT2D eigenvalue weighted by Gasteiger charge is 2.31. The van der Waals surface area contributed by atoms with E-state index in [1.54, 1.807) is 23.1 Å². The van der Waals surface area contributed by atoms with Crippen LogP contribution < -0.4 is 0 Å². The molecule has 0 saturated carbocycles. The molecule has 0 radical (unpaired) electrons. The van der Waals surface area contributed by atoms with Crippen LogP contribution in [0.4, 0.5) is 0 Å². The van der Waals surface area contributed by atoms with E-state index in [9.17, 15) is 9.59 Å². The van der Waals surface area contributed by atoms with Gasteiger partial charge < -0.3 is 9.80 Å². The second-order valence-electron chi connectivity index (χ2n) is 6.55. The Balaban J connectivity index is 1.80. The summed E-state index contributed by atoms with van der Waals surface area (Å²) in [5.74, 6) is -0.0152. The van der Waals surface area contributed by atoms with Crippen molar-refractivity contribution in [1.82, 2.24) is 9.80 Å². The van der Waals surface area contributed by atoms with Gasteiger partial charge in [-0.15, -0.1) is 0 Å². The molecule has 1 heterocycles. The number of rotatable bonds is 4. The first kappa shape index (κ1) is 18.5. The molecule has 0 aromatic heterocycles. The Hall–Kier alpha value is -2.33. The van der Waals surface area contributed by atoms with Crippen molar-refractivity contribution in [3.8, 4) is 0 Å². The monoisotopic (exact) mass is 370 g/mol. The molecular weight excluding hydrogens is 348 g/mol. The summed E-state index contributed by atoms with van der Waals surface area (Å²) < 4.78 is 0. The highest BCUT2D eigenvalue weighted by atomic mass is 35.5. The minimum absolute atomic E-state index is 0.00311. The van der Waals surface area contributed by atoms with Gasteiger partial charge in [-0.2, -0.15) is 0 Å². The van der Waals surface area contributed by atoms with Gasteiger partial charge in [0.15, 0.2) is 0 Å². The molecule has 136 valence electrons. The van der Waals surface area contributed by atoms with Gasteiger partial charge >= 0.3 is 0 Å². The van der Waals surface area contributed by atoms with E-state index in [0.29, 0.717) is 36.6 Å². The molecule has 0 N–H and O–H groups in total. The van der Waals surface area contributed by atoms with Crippen LogP contribution in [0.15, 0.2) is 54.6 Å².